The molecule has 0 atom stereocenters. The first-order chi connectivity index (χ1) is 15.0. The van der Waals surface area contributed by atoms with Crippen LogP contribution in [-0.2, 0) is 4.79 Å². The van der Waals surface area contributed by atoms with Crippen molar-refractivity contribution in [1.82, 2.24) is 9.97 Å². The van der Waals surface area contributed by atoms with Crippen LogP contribution in [0.15, 0.2) is 54.9 Å². The molecule has 6 nitrogen and oxygen atoms in total. The Morgan fingerprint density at radius 1 is 1.10 bits per heavy atom. The van der Waals surface area contributed by atoms with E-state index in [1.165, 1.54) is 6.07 Å². The number of amides is 1. The number of anilines is 2. The van der Waals surface area contributed by atoms with Gasteiger partial charge in [0.1, 0.15) is 23.7 Å². The number of halogens is 1. The highest BCUT2D eigenvalue weighted by molar-refractivity contribution is 5.92. The zero-order chi connectivity index (χ0) is 21.8. The summed E-state index contributed by atoms with van der Waals surface area (Å²) in [6.45, 7) is 3.14. The Morgan fingerprint density at radius 3 is 2.52 bits per heavy atom. The highest BCUT2D eigenvalue weighted by atomic mass is 19.1. The normalized spacial score (nSPS) is 14.4. The lowest BCUT2D eigenvalue weighted by molar-refractivity contribution is -0.120. The van der Waals surface area contributed by atoms with E-state index in [0.717, 1.165) is 35.9 Å². The molecule has 1 N–H and O–H groups in total. The third kappa shape index (κ3) is 4.82. The van der Waals surface area contributed by atoms with Crippen LogP contribution in [0.2, 0.25) is 0 Å². The number of hydrogen-bond donors (Lipinski definition) is 1. The third-order valence-corrected chi connectivity index (χ3v) is 5.67. The van der Waals surface area contributed by atoms with E-state index >= 15 is 0 Å². The van der Waals surface area contributed by atoms with E-state index in [2.05, 4.69) is 20.2 Å². The predicted molar refractivity (Wildman–Crippen MR) is 119 cm³/mol. The van der Waals surface area contributed by atoms with Gasteiger partial charge < -0.3 is 15.0 Å². The van der Waals surface area contributed by atoms with E-state index in [9.17, 15) is 9.18 Å². The van der Waals surface area contributed by atoms with Crippen molar-refractivity contribution in [2.45, 2.75) is 19.8 Å². The second kappa shape index (κ2) is 9.12. The Morgan fingerprint density at radius 2 is 1.84 bits per heavy atom. The molecule has 1 saturated heterocycles. The maximum atomic E-state index is 13.7. The summed E-state index contributed by atoms with van der Waals surface area (Å²) in [4.78, 5) is 23.6. The molecule has 2 aromatic carbocycles. The molecule has 0 bridgehead atoms. The van der Waals surface area contributed by atoms with Crippen LogP contribution in [0.4, 0.5) is 15.9 Å². The lowest BCUT2D eigenvalue weighted by atomic mass is 9.95. The lowest BCUT2D eigenvalue weighted by Crippen LogP contribution is -2.38. The van der Waals surface area contributed by atoms with Gasteiger partial charge in [-0.2, -0.15) is 0 Å². The van der Waals surface area contributed by atoms with Crippen LogP contribution in [0.25, 0.3) is 11.3 Å². The highest BCUT2D eigenvalue weighted by Crippen LogP contribution is 2.27. The van der Waals surface area contributed by atoms with Crippen molar-refractivity contribution in [2.24, 2.45) is 5.92 Å². The van der Waals surface area contributed by atoms with Gasteiger partial charge in [-0.3, -0.25) is 4.79 Å². The zero-order valence-electron chi connectivity index (χ0n) is 17.6. The van der Waals surface area contributed by atoms with Crippen LogP contribution in [0.5, 0.6) is 5.75 Å². The van der Waals surface area contributed by atoms with E-state index in [1.54, 1.807) is 32.5 Å². The van der Waals surface area contributed by atoms with Gasteiger partial charge in [0, 0.05) is 36.3 Å². The second-order valence-electron chi connectivity index (χ2n) is 7.70. The fraction of sp³-hybridized carbons (Fsp3) is 0.292. The highest BCUT2D eigenvalue weighted by Gasteiger charge is 2.26. The maximum Gasteiger partial charge on any atom is 0.227 e. The van der Waals surface area contributed by atoms with E-state index in [0.29, 0.717) is 24.1 Å². The van der Waals surface area contributed by atoms with Crippen molar-refractivity contribution in [1.29, 1.82) is 0 Å². The van der Waals surface area contributed by atoms with E-state index < -0.39 is 0 Å². The molecule has 1 amide bonds. The quantitative estimate of drug-likeness (QED) is 0.660. The standard InChI is InChI=1S/C24H25FN4O2/c1-16-3-6-19(13-21(16)25)28-24(30)18-9-11-29(12-10-18)23-14-22(26-15-27-23)17-4-7-20(31-2)8-5-17/h3-8,13-15,18H,9-12H2,1-2H3,(H,28,30). The third-order valence-electron chi connectivity index (χ3n) is 5.67. The molecule has 7 heteroatoms. The number of ether oxygens (including phenoxy) is 1. The van der Waals surface area contributed by atoms with Crippen LogP contribution < -0.4 is 15.0 Å². The second-order valence-corrected chi connectivity index (χ2v) is 7.70. The molecule has 3 aromatic rings. The van der Waals surface area contributed by atoms with Crippen molar-refractivity contribution in [3.05, 3.63) is 66.2 Å². The first kappa shape index (κ1) is 20.8. The minimum atomic E-state index is -0.316. The molecule has 1 aromatic heterocycles. The largest absolute Gasteiger partial charge is 0.497 e. The van der Waals surface area contributed by atoms with Crippen LogP contribution in [0, 0.1) is 18.7 Å². The number of methoxy groups -OCH3 is 1. The van der Waals surface area contributed by atoms with Crippen LogP contribution >= 0.6 is 0 Å². The summed E-state index contributed by atoms with van der Waals surface area (Å²) in [5, 5.41) is 2.84. The van der Waals surface area contributed by atoms with Gasteiger partial charge in [0.25, 0.3) is 0 Å². The monoisotopic (exact) mass is 420 g/mol. The van der Waals surface area contributed by atoms with E-state index in [4.69, 9.17) is 4.74 Å². The molecule has 1 aliphatic rings. The minimum Gasteiger partial charge on any atom is -0.497 e. The van der Waals surface area contributed by atoms with Crippen LogP contribution in [0.3, 0.4) is 0 Å². The SMILES string of the molecule is COc1ccc(-c2cc(N3CCC(C(=O)Nc4ccc(C)c(F)c4)CC3)ncn2)cc1. The molecule has 0 saturated carbocycles. The number of carbonyl (C=O) groups excluding carboxylic acids is 1. The molecule has 4 rings (SSSR count). The van der Waals surface area contributed by atoms with Gasteiger partial charge in [-0.25, -0.2) is 14.4 Å². The fourth-order valence-corrected chi connectivity index (χ4v) is 3.73. The molecular weight excluding hydrogens is 395 g/mol. The summed E-state index contributed by atoms with van der Waals surface area (Å²) in [6.07, 6.45) is 2.99. The molecule has 0 radical (unpaired) electrons. The molecule has 1 fully saturated rings. The summed E-state index contributed by atoms with van der Waals surface area (Å²) < 4.78 is 18.9. The fourth-order valence-electron chi connectivity index (χ4n) is 3.73. The molecule has 2 heterocycles. The van der Waals surface area contributed by atoms with Crippen LogP contribution in [-0.4, -0.2) is 36.1 Å². The van der Waals surface area contributed by atoms with Gasteiger partial charge >= 0.3 is 0 Å². The first-order valence-corrected chi connectivity index (χ1v) is 10.3. The molecule has 0 spiro atoms. The van der Waals surface area contributed by atoms with Gasteiger partial charge in [0.2, 0.25) is 5.91 Å². The Labute approximate surface area is 181 Å². The Kier molecular flexibility index (Phi) is 6.11. The molecule has 31 heavy (non-hydrogen) atoms. The summed E-state index contributed by atoms with van der Waals surface area (Å²) in [5.41, 5.74) is 2.89. The van der Waals surface area contributed by atoms with Crippen molar-refractivity contribution >= 4 is 17.4 Å². The minimum absolute atomic E-state index is 0.0653. The number of nitrogens with one attached hydrogen (secondary N) is 1. The molecule has 0 aliphatic carbocycles. The number of carbonyl (C=O) groups is 1. The number of benzene rings is 2. The van der Waals surface area contributed by atoms with Gasteiger partial charge in [-0.15, -0.1) is 0 Å². The van der Waals surface area contributed by atoms with Gasteiger partial charge in [0.05, 0.1) is 12.8 Å². The average Bonchev–Trinajstić information content (AvgIpc) is 2.82. The van der Waals surface area contributed by atoms with Crippen LogP contribution in [0.1, 0.15) is 18.4 Å². The topological polar surface area (TPSA) is 67.3 Å². The molecule has 1 aliphatic heterocycles. The van der Waals surface area contributed by atoms with Gasteiger partial charge in [0.15, 0.2) is 0 Å². The van der Waals surface area contributed by atoms with E-state index in [-0.39, 0.29) is 17.6 Å². The smallest absolute Gasteiger partial charge is 0.227 e. The first-order valence-electron chi connectivity index (χ1n) is 10.3. The number of aromatic nitrogens is 2. The summed E-state index contributed by atoms with van der Waals surface area (Å²) in [7, 11) is 1.64. The zero-order valence-corrected chi connectivity index (χ0v) is 17.6. The molecule has 0 unspecified atom stereocenters. The number of hydrogen-bond acceptors (Lipinski definition) is 5. The summed E-state index contributed by atoms with van der Waals surface area (Å²) in [6, 6.07) is 14.5. The predicted octanol–water partition coefficient (Wildman–Crippen LogP) is 4.45. The molecule has 160 valence electrons. The maximum absolute atomic E-state index is 13.7. The number of aryl methyl sites for hydroxylation is 1. The Hall–Kier alpha value is -3.48. The number of rotatable bonds is 5. The van der Waals surface area contributed by atoms with E-state index in [1.807, 2.05) is 30.3 Å². The van der Waals surface area contributed by atoms with Crippen molar-refractivity contribution in [3.8, 4) is 17.0 Å². The van der Waals surface area contributed by atoms with Gasteiger partial charge in [-0.1, -0.05) is 6.07 Å². The van der Waals surface area contributed by atoms with Gasteiger partial charge in [-0.05, 0) is 61.7 Å². The Balaban J connectivity index is 1.38. The average molecular weight is 420 g/mol. The molecular formula is C24H25FN4O2. The van der Waals surface area contributed by atoms with Crippen molar-refractivity contribution < 1.29 is 13.9 Å². The Bertz CT molecular complexity index is 1060. The van der Waals surface area contributed by atoms with Crippen molar-refractivity contribution in [2.75, 3.05) is 30.4 Å². The van der Waals surface area contributed by atoms with Crippen molar-refractivity contribution in [3.63, 3.8) is 0 Å². The summed E-state index contributed by atoms with van der Waals surface area (Å²) in [5.74, 6) is 1.16. The number of nitrogens with zero attached hydrogens (tertiary/aromatic N) is 3. The number of piperidine rings is 1. The lowest BCUT2D eigenvalue weighted by Gasteiger charge is -2.32. The summed E-state index contributed by atoms with van der Waals surface area (Å²) >= 11 is 0.